The molecule has 3 rings (SSSR count). The third kappa shape index (κ3) is 2.20. The molecule has 0 aliphatic carbocycles. The van der Waals surface area contributed by atoms with E-state index in [1.165, 1.54) is 24.3 Å². The quantitative estimate of drug-likeness (QED) is 0.736. The fraction of sp³-hybridized carbons (Fsp3) is 0. The Morgan fingerprint density at radius 3 is 2.57 bits per heavy atom. The summed E-state index contributed by atoms with van der Waals surface area (Å²) >= 11 is 0. The van der Waals surface area contributed by atoms with Gasteiger partial charge in [-0.25, -0.2) is 13.2 Å². The molecule has 2 N–H and O–H groups in total. The molecule has 21 heavy (non-hydrogen) atoms. The predicted octanol–water partition coefficient (Wildman–Crippen LogP) is 2.33. The monoisotopic (exact) mass is 291 g/mol. The lowest BCUT2D eigenvalue weighted by Crippen LogP contribution is -2.04. The summed E-state index contributed by atoms with van der Waals surface area (Å²) in [5, 5.41) is 10.8. The van der Waals surface area contributed by atoms with E-state index in [9.17, 15) is 13.2 Å². The summed E-state index contributed by atoms with van der Waals surface area (Å²) in [6.07, 6.45) is 0. The third-order valence-electron chi connectivity index (χ3n) is 2.88. The van der Waals surface area contributed by atoms with Gasteiger partial charge in [0, 0.05) is 5.56 Å². The van der Waals surface area contributed by atoms with Crippen molar-refractivity contribution in [2.45, 2.75) is 0 Å². The number of nitrogens with two attached hydrogens (primary N) is 1. The first-order chi connectivity index (χ1) is 10.1. The Morgan fingerprint density at radius 1 is 1.00 bits per heavy atom. The smallest absolute Gasteiger partial charge is 0.187 e. The van der Waals surface area contributed by atoms with Crippen LogP contribution in [0.15, 0.2) is 36.4 Å². The van der Waals surface area contributed by atoms with Crippen LogP contribution in [0.4, 0.5) is 18.9 Å². The molecule has 106 valence electrons. The summed E-state index contributed by atoms with van der Waals surface area (Å²) in [6.45, 7) is 0. The minimum atomic E-state index is -1.08. The number of hydrogen-bond acceptors (Lipinski definition) is 4. The second kappa shape index (κ2) is 4.89. The van der Waals surface area contributed by atoms with E-state index in [1.807, 2.05) is 0 Å². The molecule has 0 amide bonds. The van der Waals surface area contributed by atoms with E-state index in [-0.39, 0.29) is 17.2 Å². The van der Waals surface area contributed by atoms with Gasteiger partial charge < -0.3 is 5.73 Å². The molecule has 0 atom stereocenters. The number of benzene rings is 2. The average Bonchev–Trinajstić information content (AvgIpc) is 2.94. The summed E-state index contributed by atoms with van der Waals surface area (Å²) in [5.41, 5.74) is 5.61. The lowest BCUT2D eigenvalue weighted by Gasteiger charge is -2.07. The van der Waals surface area contributed by atoms with Gasteiger partial charge in [0.1, 0.15) is 11.5 Å². The molecule has 0 unspecified atom stereocenters. The van der Waals surface area contributed by atoms with Gasteiger partial charge in [-0.3, -0.25) is 0 Å². The van der Waals surface area contributed by atoms with Gasteiger partial charge >= 0.3 is 0 Å². The molecule has 0 aliphatic rings. The van der Waals surface area contributed by atoms with Crippen LogP contribution in [-0.2, 0) is 0 Å². The van der Waals surface area contributed by atoms with Crippen LogP contribution in [0.3, 0.4) is 0 Å². The zero-order valence-electron chi connectivity index (χ0n) is 10.5. The van der Waals surface area contributed by atoms with Crippen LogP contribution in [0.25, 0.3) is 17.1 Å². The maximum Gasteiger partial charge on any atom is 0.187 e. The molecule has 2 aromatic carbocycles. The molecule has 3 aromatic rings. The molecule has 0 bridgehead atoms. The van der Waals surface area contributed by atoms with Crippen molar-refractivity contribution in [2.75, 3.05) is 5.73 Å². The number of nitrogen functional groups attached to an aromatic ring is 1. The maximum atomic E-state index is 13.8. The van der Waals surface area contributed by atoms with Crippen molar-refractivity contribution in [3.05, 3.63) is 53.8 Å². The van der Waals surface area contributed by atoms with Gasteiger partial charge in [-0.15, -0.1) is 5.10 Å². The van der Waals surface area contributed by atoms with Crippen LogP contribution in [0.2, 0.25) is 0 Å². The van der Waals surface area contributed by atoms with Crippen molar-refractivity contribution < 1.29 is 13.2 Å². The SMILES string of the molecule is Nc1cc(-c2nnnn2-c2cccc(F)c2F)ccc1F. The van der Waals surface area contributed by atoms with Crippen LogP contribution < -0.4 is 5.73 Å². The Hall–Kier alpha value is -2.90. The molecule has 0 spiro atoms. The number of tetrazole rings is 1. The minimum absolute atomic E-state index is 0.0956. The van der Waals surface area contributed by atoms with E-state index >= 15 is 0 Å². The summed E-state index contributed by atoms with van der Waals surface area (Å²) in [4.78, 5) is 0. The summed E-state index contributed by atoms with van der Waals surface area (Å²) in [5.74, 6) is -2.57. The van der Waals surface area contributed by atoms with E-state index in [0.717, 1.165) is 16.8 Å². The fourth-order valence-electron chi connectivity index (χ4n) is 1.87. The molecule has 5 nitrogen and oxygen atoms in total. The summed E-state index contributed by atoms with van der Waals surface area (Å²) in [7, 11) is 0. The number of anilines is 1. The highest BCUT2D eigenvalue weighted by Gasteiger charge is 2.17. The minimum Gasteiger partial charge on any atom is -0.396 e. The van der Waals surface area contributed by atoms with Crippen molar-refractivity contribution >= 4 is 5.69 Å². The third-order valence-corrected chi connectivity index (χ3v) is 2.88. The lowest BCUT2D eigenvalue weighted by molar-refractivity contribution is 0.501. The molecular weight excluding hydrogens is 283 g/mol. The van der Waals surface area contributed by atoms with Gasteiger partial charge in [0.05, 0.1) is 5.69 Å². The normalized spacial score (nSPS) is 10.8. The van der Waals surface area contributed by atoms with Crippen molar-refractivity contribution in [3.8, 4) is 17.1 Å². The molecular formula is C13H8F3N5. The zero-order valence-corrected chi connectivity index (χ0v) is 10.5. The predicted molar refractivity (Wildman–Crippen MR) is 68.9 cm³/mol. The van der Waals surface area contributed by atoms with Gasteiger partial charge in [0.25, 0.3) is 0 Å². The lowest BCUT2D eigenvalue weighted by atomic mass is 10.2. The highest BCUT2D eigenvalue weighted by Crippen LogP contribution is 2.24. The molecule has 8 heteroatoms. The van der Waals surface area contributed by atoms with Gasteiger partial charge in [0.2, 0.25) is 0 Å². The Balaban J connectivity index is 2.17. The molecule has 1 heterocycles. The molecule has 1 aromatic heterocycles. The molecule has 0 saturated carbocycles. The first-order valence-electron chi connectivity index (χ1n) is 5.86. The summed E-state index contributed by atoms with van der Waals surface area (Å²) < 4.78 is 41.3. The molecule has 0 fully saturated rings. The largest absolute Gasteiger partial charge is 0.396 e. The number of hydrogen-bond donors (Lipinski definition) is 1. The number of nitrogens with zero attached hydrogens (tertiary/aromatic N) is 4. The van der Waals surface area contributed by atoms with Gasteiger partial charge in [-0.05, 0) is 40.8 Å². The van der Waals surface area contributed by atoms with E-state index < -0.39 is 17.5 Å². The van der Waals surface area contributed by atoms with Crippen LogP contribution in [0.5, 0.6) is 0 Å². The van der Waals surface area contributed by atoms with Gasteiger partial charge in [0.15, 0.2) is 17.5 Å². The Kier molecular flexibility index (Phi) is 3.05. The topological polar surface area (TPSA) is 69.6 Å². The average molecular weight is 291 g/mol. The number of aromatic nitrogens is 4. The summed E-state index contributed by atoms with van der Waals surface area (Å²) in [6, 6.07) is 7.49. The standard InChI is InChI=1S/C13H8F3N5/c14-8-5-4-7(6-10(8)17)13-18-19-20-21(13)11-3-1-2-9(15)12(11)16/h1-6H,17H2. The number of rotatable bonds is 2. The second-order valence-electron chi connectivity index (χ2n) is 4.22. The van der Waals surface area contributed by atoms with E-state index in [1.54, 1.807) is 0 Å². The second-order valence-corrected chi connectivity index (χ2v) is 4.22. The Labute approximate surface area is 116 Å². The Bertz CT molecular complexity index is 815. The maximum absolute atomic E-state index is 13.8. The van der Waals surface area contributed by atoms with Crippen LogP contribution in [0.1, 0.15) is 0 Å². The van der Waals surface area contributed by atoms with Crippen molar-refractivity contribution in [1.29, 1.82) is 0 Å². The molecule has 0 saturated heterocycles. The van der Waals surface area contributed by atoms with Crippen molar-refractivity contribution in [1.82, 2.24) is 20.2 Å². The zero-order chi connectivity index (χ0) is 15.0. The van der Waals surface area contributed by atoms with Crippen LogP contribution >= 0.6 is 0 Å². The van der Waals surface area contributed by atoms with Crippen molar-refractivity contribution in [2.24, 2.45) is 0 Å². The van der Waals surface area contributed by atoms with Crippen LogP contribution in [0, 0.1) is 17.5 Å². The highest BCUT2D eigenvalue weighted by molar-refractivity contribution is 5.63. The van der Waals surface area contributed by atoms with Crippen molar-refractivity contribution in [3.63, 3.8) is 0 Å². The molecule has 0 aliphatic heterocycles. The van der Waals surface area contributed by atoms with Crippen LogP contribution in [-0.4, -0.2) is 20.2 Å². The molecule has 0 radical (unpaired) electrons. The van der Waals surface area contributed by atoms with E-state index in [2.05, 4.69) is 15.5 Å². The first-order valence-corrected chi connectivity index (χ1v) is 5.86. The highest BCUT2D eigenvalue weighted by atomic mass is 19.2. The fourth-order valence-corrected chi connectivity index (χ4v) is 1.87. The van der Waals surface area contributed by atoms with E-state index in [4.69, 9.17) is 5.73 Å². The van der Waals surface area contributed by atoms with Gasteiger partial charge in [-0.2, -0.15) is 4.68 Å². The van der Waals surface area contributed by atoms with Gasteiger partial charge in [-0.1, -0.05) is 6.07 Å². The first kappa shape index (κ1) is 13.1. The van der Waals surface area contributed by atoms with E-state index in [0.29, 0.717) is 5.56 Å². The number of halogens is 3. The Morgan fingerprint density at radius 2 is 1.81 bits per heavy atom.